The highest BCUT2D eigenvalue weighted by Gasteiger charge is 2.36. The molecule has 0 aromatic heterocycles. The van der Waals surface area contributed by atoms with Gasteiger partial charge in [0.25, 0.3) is 0 Å². The molecule has 0 unspecified atom stereocenters. The van der Waals surface area contributed by atoms with Crippen molar-refractivity contribution < 1.29 is 14.4 Å². The normalized spacial score (nSPS) is 10.9. The summed E-state index contributed by atoms with van der Waals surface area (Å²) in [6.45, 7) is 4.61. The SMILES string of the molecule is CC(=O)c1ccc(NC(=O)C(C)(C)C(=O)Nc2ccc(N(C)C)cc2)cc1. The number of carbonyl (C=O) groups is 3. The lowest BCUT2D eigenvalue weighted by Crippen LogP contribution is -2.41. The molecule has 2 rings (SSSR count). The van der Waals surface area contributed by atoms with Crippen LogP contribution in [-0.2, 0) is 9.59 Å². The monoisotopic (exact) mass is 367 g/mol. The average molecular weight is 367 g/mol. The highest BCUT2D eigenvalue weighted by molar-refractivity contribution is 6.14. The van der Waals surface area contributed by atoms with E-state index < -0.39 is 17.2 Å². The highest BCUT2D eigenvalue weighted by atomic mass is 16.2. The first-order valence-corrected chi connectivity index (χ1v) is 8.62. The van der Waals surface area contributed by atoms with Crippen molar-refractivity contribution in [1.29, 1.82) is 0 Å². The number of hydrogen-bond donors (Lipinski definition) is 2. The summed E-state index contributed by atoms with van der Waals surface area (Å²) < 4.78 is 0. The van der Waals surface area contributed by atoms with Crippen LogP contribution in [0.25, 0.3) is 0 Å². The maximum Gasteiger partial charge on any atom is 0.239 e. The highest BCUT2D eigenvalue weighted by Crippen LogP contribution is 2.23. The Balaban J connectivity index is 2.05. The van der Waals surface area contributed by atoms with Gasteiger partial charge < -0.3 is 15.5 Å². The lowest BCUT2D eigenvalue weighted by atomic mass is 9.90. The summed E-state index contributed by atoms with van der Waals surface area (Å²) in [5, 5.41) is 5.50. The number of anilines is 3. The Hall–Kier alpha value is -3.15. The fourth-order valence-electron chi connectivity index (χ4n) is 2.31. The molecule has 2 aromatic carbocycles. The van der Waals surface area contributed by atoms with E-state index in [2.05, 4.69) is 10.6 Å². The van der Waals surface area contributed by atoms with Crippen LogP contribution in [0, 0.1) is 5.41 Å². The van der Waals surface area contributed by atoms with Gasteiger partial charge in [-0.1, -0.05) is 0 Å². The summed E-state index contributed by atoms with van der Waals surface area (Å²) in [5.74, 6) is -0.883. The predicted molar refractivity (Wildman–Crippen MR) is 108 cm³/mol. The van der Waals surface area contributed by atoms with Crippen molar-refractivity contribution in [1.82, 2.24) is 0 Å². The standard InChI is InChI=1S/C21H25N3O3/c1-14(25)15-6-8-16(9-7-15)22-19(26)21(2,3)20(27)23-17-10-12-18(13-11-17)24(4)5/h6-13H,1-5H3,(H,22,26)(H,23,27). The molecule has 0 radical (unpaired) electrons. The first-order chi connectivity index (χ1) is 12.6. The molecule has 0 bridgehead atoms. The smallest absolute Gasteiger partial charge is 0.239 e. The Kier molecular flexibility index (Phi) is 6.00. The van der Waals surface area contributed by atoms with Crippen LogP contribution in [0.4, 0.5) is 17.1 Å². The third kappa shape index (κ3) is 4.94. The summed E-state index contributed by atoms with van der Waals surface area (Å²) >= 11 is 0. The molecule has 27 heavy (non-hydrogen) atoms. The van der Waals surface area contributed by atoms with Crippen molar-refractivity contribution >= 4 is 34.7 Å². The molecule has 6 nitrogen and oxygen atoms in total. The molecule has 2 N–H and O–H groups in total. The topological polar surface area (TPSA) is 78.5 Å². The van der Waals surface area contributed by atoms with E-state index in [9.17, 15) is 14.4 Å². The van der Waals surface area contributed by atoms with Gasteiger partial charge in [-0.15, -0.1) is 0 Å². The molecule has 0 atom stereocenters. The van der Waals surface area contributed by atoms with Crippen molar-refractivity contribution in [3.05, 3.63) is 54.1 Å². The Morgan fingerprint density at radius 2 is 1.19 bits per heavy atom. The van der Waals surface area contributed by atoms with Gasteiger partial charge in [0.15, 0.2) is 5.78 Å². The molecule has 0 fully saturated rings. The molecule has 0 saturated carbocycles. The molecule has 0 heterocycles. The Morgan fingerprint density at radius 3 is 1.56 bits per heavy atom. The predicted octanol–water partition coefficient (Wildman–Crippen LogP) is 3.56. The van der Waals surface area contributed by atoms with Crippen LogP contribution in [0.3, 0.4) is 0 Å². The molecule has 6 heteroatoms. The summed E-state index contributed by atoms with van der Waals surface area (Å²) in [7, 11) is 3.87. The quantitative estimate of drug-likeness (QED) is 0.604. The molecule has 0 aliphatic rings. The van der Waals surface area contributed by atoms with E-state index >= 15 is 0 Å². The molecule has 0 spiro atoms. The third-order valence-corrected chi connectivity index (χ3v) is 4.33. The van der Waals surface area contributed by atoms with Gasteiger partial charge in [-0.25, -0.2) is 0 Å². The zero-order chi connectivity index (χ0) is 20.2. The van der Waals surface area contributed by atoms with Gasteiger partial charge in [0.05, 0.1) is 0 Å². The molecule has 142 valence electrons. The largest absolute Gasteiger partial charge is 0.378 e. The van der Waals surface area contributed by atoms with Crippen LogP contribution >= 0.6 is 0 Å². The van der Waals surface area contributed by atoms with Gasteiger partial charge in [-0.3, -0.25) is 14.4 Å². The number of nitrogens with zero attached hydrogens (tertiary/aromatic N) is 1. The summed E-state index contributed by atoms with van der Waals surface area (Å²) in [6, 6.07) is 13.9. The van der Waals surface area contributed by atoms with Crippen molar-refractivity contribution in [2.24, 2.45) is 5.41 Å². The molecule has 0 aliphatic carbocycles. The minimum atomic E-state index is -1.28. The zero-order valence-corrected chi connectivity index (χ0v) is 16.3. The zero-order valence-electron chi connectivity index (χ0n) is 16.3. The number of benzene rings is 2. The average Bonchev–Trinajstić information content (AvgIpc) is 2.62. The van der Waals surface area contributed by atoms with E-state index in [0.717, 1.165) is 5.69 Å². The summed E-state index contributed by atoms with van der Waals surface area (Å²) in [4.78, 5) is 38.5. The van der Waals surface area contributed by atoms with Crippen LogP contribution in [0.15, 0.2) is 48.5 Å². The van der Waals surface area contributed by atoms with Gasteiger partial charge in [0, 0.05) is 36.7 Å². The molecule has 2 aromatic rings. The second-order valence-electron chi connectivity index (χ2n) is 7.11. The number of Topliss-reactive ketones (excluding diaryl/α,β-unsaturated/α-hetero) is 1. The molecule has 0 saturated heterocycles. The van der Waals surface area contributed by atoms with Crippen LogP contribution in [0.5, 0.6) is 0 Å². The van der Waals surface area contributed by atoms with Crippen molar-refractivity contribution in [2.45, 2.75) is 20.8 Å². The first-order valence-electron chi connectivity index (χ1n) is 8.62. The fourth-order valence-corrected chi connectivity index (χ4v) is 2.31. The Bertz CT molecular complexity index is 838. The maximum absolute atomic E-state index is 12.6. The van der Waals surface area contributed by atoms with E-state index in [0.29, 0.717) is 16.9 Å². The number of amides is 2. The van der Waals surface area contributed by atoms with E-state index in [4.69, 9.17) is 0 Å². The lowest BCUT2D eigenvalue weighted by molar-refractivity contribution is -0.135. The van der Waals surface area contributed by atoms with E-state index in [1.807, 2.05) is 31.1 Å². The molecule has 2 amide bonds. The van der Waals surface area contributed by atoms with Crippen molar-refractivity contribution in [2.75, 3.05) is 29.6 Å². The van der Waals surface area contributed by atoms with Gasteiger partial charge in [-0.2, -0.15) is 0 Å². The van der Waals surface area contributed by atoms with E-state index in [1.54, 1.807) is 50.2 Å². The minimum Gasteiger partial charge on any atom is -0.378 e. The molecular weight excluding hydrogens is 342 g/mol. The minimum absolute atomic E-state index is 0.0483. The number of rotatable bonds is 6. The van der Waals surface area contributed by atoms with Gasteiger partial charge >= 0.3 is 0 Å². The summed E-state index contributed by atoms with van der Waals surface area (Å²) in [6.07, 6.45) is 0. The van der Waals surface area contributed by atoms with Crippen LogP contribution in [-0.4, -0.2) is 31.7 Å². The maximum atomic E-state index is 12.6. The van der Waals surface area contributed by atoms with Crippen LogP contribution < -0.4 is 15.5 Å². The fraction of sp³-hybridized carbons (Fsp3) is 0.286. The number of ketones is 1. The Morgan fingerprint density at radius 1 is 0.778 bits per heavy atom. The lowest BCUT2D eigenvalue weighted by Gasteiger charge is -2.23. The van der Waals surface area contributed by atoms with Gasteiger partial charge in [0.2, 0.25) is 11.8 Å². The first kappa shape index (κ1) is 20.2. The number of nitrogens with one attached hydrogen (secondary N) is 2. The van der Waals surface area contributed by atoms with Crippen molar-refractivity contribution in [3.63, 3.8) is 0 Å². The second-order valence-corrected chi connectivity index (χ2v) is 7.11. The van der Waals surface area contributed by atoms with Crippen LogP contribution in [0.1, 0.15) is 31.1 Å². The molecular formula is C21H25N3O3. The van der Waals surface area contributed by atoms with E-state index in [1.165, 1.54) is 6.92 Å². The van der Waals surface area contributed by atoms with Crippen molar-refractivity contribution in [3.8, 4) is 0 Å². The van der Waals surface area contributed by atoms with Gasteiger partial charge in [0.1, 0.15) is 5.41 Å². The third-order valence-electron chi connectivity index (χ3n) is 4.33. The number of hydrogen-bond acceptors (Lipinski definition) is 4. The Labute approximate surface area is 159 Å². The summed E-state index contributed by atoms with van der Waals surface area (Å²) in [5.41, 5.74) is 1.45. The molecule has 0 aliphatic heterocycles. The second kappa shape index (κ2) is 8.03. The van der Waals surface area contributed by atoms with Gasteiger partial charge in [-0.05, 0) is 69.3 Å². The van der Waals surface area contributed by atoms with E-state index in [-0.39, 0.29) is 5.78 Å². The van der Waals surface area contributed by atoms with Crippen LogP contribution in [0.2, 0.25) is 0 Å². The number of carbonyl (C=O) groups excluding carboxylic acids is 3.